The Kier molecular flexibility index (Phi) is 13.5. The minimum atomic E-state index is 0.303. The highest BCUT2D eigenvalue weighted by atomic mass is 32.2. The smallest absolute Gasteiger partial charge is 0.0946 e. The van der Waals surface area contributed by atoms with Crippen molar-refractivity contribution in [3.8, 4) is 0 Å². The van der Waals surface area contributed by atoms with E-state index in [4.69, 9.17) is 4.74 Å². The maximum absolute atomic E-state index is 6.06. The van der Waals surface area contributed by atoms with Crippen LogP contribution in [0.2, 0.25) is 0 Å². The van der Waals surface area contributed by atoms with E-state index in [9.17, 15) is 0 Å². The average Bonchev–Trinajstić information content (AvgIpc) is 3.05. The standard InChI is InChI=1S/C19H36N2OS/c1-3-4-5-6-7-8-9-10-11-12-15-22-19(17-23-2)16-21-14-13-20-18-21/h13-14,18-19H,3-12,15-17H2,1-2H3. The van der Waals surface area contributed by atoms with E-state index in [-0.39, 0.29) is 0 Å². The summed E-state index contributed by atoms with van der Waals surface area (Å²) in [7, 11) is 0. The first-order chi connectivity index (χ1) is 11.4. The molecule has 1 unspecified atom stereocenters. The molecule has 1 atom stereocenters. The first-order valence-corrected chi connectivity index (χ1v) is 10.8. The Morgan fingerprint density at radius 2 is 1.65 bits per heavy atom. The molecule has 1 heterocycles. The summed E-state index contributed by atoms with van der Waals surface area (Å²) >= 11 is 1.86. The molecule has 4 heteroatoms. The Morgan fingerprint density at radius 3 is 2.22 bits per heavy atom. The molecule has 0 radical (unpaired) electrons. The second-order valence-corrected chi connectivity index (χ2v) is 7.30. The third-order valence-electron chi connectivity index (χ3n) is 4.18. The number of ether oxygens (including phenoxy) is 1. The molecule has 0 bridgehead atoms. The third kappa shape index (κ3) is 11.7. The highest BCUT2D eigenvalue weighted by molar-refractivity contribution is 7.98. The van der Waals surface area contributed by atoms with Crippen molar-refractivity contribution in [2.24, 2.45) is 0 Å². The van der Waals surface area contributed by atoms with Gasteiger partial charge in [-0.15, -0.1) is 0 Å². The summed E-state index contributed by atoms with van der Waals surface area (Å²) in [6.07, 6.45) is 21.9. The predicted octanol–water partition coefficient (Wildman–Crippen LogP) is 5.55. The number of nitrogens with zero attached hydrogens (tertiary/aromatic N) is 2. The second kappa shape index (κ2) is 15.1. The normalized spacial score (nSPS) is 12.6. The van der Waals surface area contributed by atoms with E-state index in [2.05, 4.69) is 22.7 Å². The molecule has 0 aromatic carbocycles. The van der Waals surface area contributed by atoms with Crippen LogP contribution in [0.1, 0.15) is 71.1 Å². The van der Waals surface area contributed by atoms with Crippen LogP contribution in [-0.4, -0.2) is 34.3 Å². The van der Waals surface area contributed by atoms with E-state index in [1.54, 1.807) is 0 Å². The Labute approximate surface area is 147 Å². The fourth-order valence-electron chi connectivity index (χ4n) is 2.81. The van der Waals surface area contributed by atoms with Gasteiger partial charge >= 0.3 is 0 Å². The molecule has 1 aromatic heterocycles. The van der Waals surface area contributed by atoms with E-state index in [0.717, 1.165) is 18.9 Å². The van der Waals surface area contributed by atoms with Crippen molar-refractivity contribution in [2.45, 2.75) is 83.8 Å². The van der Waals surface area contributed by atoms with Crippen LogP contribution < -0.4 is 0 Å². The predicted molar refractivity (Wildman–Crippen MR) is 102 cm³/mol. The molecule has 0 aliphatic heterocycles. The largest absolute Gasteiger partial charge is 0.376 e. The number of imidazole rings is 1. The summed E-state index contributed by atoms with van der Waals surface area (Å²) in [5.41, 5.74) is 0. The summed E-state index contributed by atoms with van der Waals surface area (Å²) in [6, 6.07) is 0. The van der Waals surface area contributed by atoms with Gasteiger partial charge < -0.3 is 9.30 Å². The molecule has 23 heavy (non-hydrogen) atoms. The topological polar surface area (TPSA) is 27.1 Å². The van der Waals surface area contributed by atoms with Crippen LogP contribution in [0.4, 0.5) is 0 Å². The lowest BCUT2D eigenvalue weighted by atomic mass is 10.1. The first-order valence-electron chi connectivity index (χ1n) is 9.43. The van der Waals surface area contributed by atoms with Crippen LogP contribution in [0, 0.1) is 0 Å². The van der Waals surface area contributed by atoms with Crippen molar-refractivity contribution in [3.05, 3.63) is 18.7 Å². The fourth-order valence-corrected chi connectivity index (χ4v) is 3.38. The molecule has 0 spiro atoms. The van der Waals surface area contributed by atoms with Gasteiger partial charge in [-0.1, -0.05) is 64.7 Å². The fraction of sp³-hybridized carbons (Fsp3) is 0.842. The lowest BCUT2D eigenvalue weighted by Gasteiger charge is -2.17. The molecule has 0 saturated carbocycles. The van der Waals surface area contributed by atoms with Gasteiger partial charge in [0.15, 0.2) is 0 Å². The molecule has 0 N–H and O–H groups in total. The van der Waals surface area contributed by atoms with Crippen LogP contribution in [0.15, 0.2) is 18.7 Å². The zero-order valence-electron chi connectivity index (χ0n) is 15.2. The van der Waals surface area contributed by atoms with Crippen molar-refractivity contribution in [1.82, 2.24) is 9.55 Å². The number of unbranched alkanes of at least 4 members (excludes halogenated alkanes) is 9. The Morgan fingerprint density at radius 1 is 1.00 bits per heavy atom. The van der Waals surface area contributed by atoms with Crippen LogP contribution >= 0.6 is 11.8 Å². The molecular formula is C19H36N2OS. The molecule has 0 fully saturated rings. The third-order valence-corrected chi connectivity index (χ3v) is 4.88. The van der Waals surface area contributed by atoms with Gasteiger partial charge in [0.2, 0.25) is 0 Å². The highest BCUT2D eigenvalue weighted by Gasteiger charge is 2.09. The van der Waals surface area contributed by atoms with Gasteiger partial charge in [-0.05, 0) is 12.7 Å². The first kappa shape index (κ1) is 20.6. The Bertz CT molecular complexity index is 343. The van der Waals surface area contributed by atoms with Gasteiger partial charge in [0.1, 0.15) is 0 Å². The number of thioether (sulfide) groups is 1. The molecule has 1 rings (SSSR count). The van der Waals surface area contributed by atoms with Crippen molar-refractivity contribution in [3.63, 3.8) is 0 Å². The average molecular weight is 341 g/mol. The maximum atomic E-state index is 6.06. The Hall–Kier alpha value is -0.480. The van der Waals surface area contributed by atoms with E-state index in [1.165, 1.54) is 64.2 Å². The summed E-state index contributed by atoms with van der Waals surface area (Å²) in [4.78, 5) is 4.10. The second-order valence-electron chi connectivity index (χ2n) is 6.39. The minimum Gasteiger partial charge on any atom is -0.376 e. The van der Waals surface area contributed by atoms with E-state index < -0.39 is 0 Å². The molecule has 0 saturated heterocycles. The monoisotopic (exact) mass is 340 g/mol. The number of rotatable bonds is 16. The van der Waals surface area contributed by atoms with Gasteiger partial charge in [0, 0.05) is 24.8 Å². The van der Waals surface area contributed by atoms with E-state index in [0.29, 0.717) is 6.10 Å². The Balaban J connectivity index is 1.93. The molecular weight excluding hydrogens is 304 g/mol. The summed E-state index contributed by atoms with van der Waals surface area (Å²) in [6.45, 7) is 4.09. The van der Waals surface area contributed by atoms with Crippen LogP contribution in [0.25, 0.3) is 0 Å². The molecule has 134 valence electrons. The van der Waals surface area contributed by atoms with E-state index >= 15 is 0 Å². The lowest BCUT2D eigenvalue weighted by molar-refractivity contribution is 0.0548. The van der Waals surface area contributed by atoms with Gasteiger partial charge in [-0.25, -0.2) is 4.98 Å². The van der Waals surface area contributed by atoms with Gasteiger partial charge in [-0.2, -0.15) is 11.8 Å². The zero-order chi connectivity index (χ0) is 16.6. The minimum absolute atomic E-state index is 0.303. The van der Waals surface area contributed by atoms with Gasteiger partial charge in [0.25, 0.3) is 0 Å². The van der Waals surface area contributed by atoms with Gasteiger partial charge in [-0.3, -0.25) is 0 Å². The molecule has 0 amide bonds. The van der Waals surface area contributed by atoms with E-state index in [1.807, 2.05) is 30.5 Å². The maximum Gasteiger partial charge on any atom is 0.0946 e. The number of aromatic nitrogens is 2. The van der Waals surface area contributed by atoms with Crippen molar-refractivity contribution < 1.29 is 4.74 Å². The molecule has 3 nitrogen and oxygen atoms in total. The van der Waals surface area contributed by atoms with Crippen LogP contribution in [0.3, 0.4) is 0 Å². The summed E-state index contributed by atoms with van der Waals surface area (Å²) in [5, 5.41) is 0. The number of hydrogen-bond donors (Lipinski definition) is 0. The summed E-state index contributed by atoms with van der Waals surface area (Å²) in [5.74, 6) is 1.05. The molecule has 0 aliphatic rings. The lowest BCUT2D eigenvalue weighted by Crippen LogP contribution is -2.22. The van der Waals surface area contributed by atoms with Crippen molar-refractivity contribution >= 4 is 11.8 Å². The number of hydrogen-bond acceptors (Lipinski definition) is 3. The SMILES string of the molecule is CCCCCCCCCCCCOC(CSC)Cn1ccnc1. The van der Waals surface area contributed by atoms with Gasteiger partial charge in [0.05, 0.1) is 19.0 Å². The molecule has 0 aliphatic carbocycles. The molecule has 1 aromatic rings. The van der Waals surface area contributed by atoms with Crippen molar-refractivity contribution in [1.29, 1.82) is 0 Å². The highest BCUT2D eigenvalue weighted by Crippen LogP contribution is 2.11. The summed E-state index contributed by atoms with van der Waals surface area (Å²) < 4.78 is 8.17. The van der Waals surface area contributed by atoms with Crippen LogP contribution in [-0.2, 0) is 11.3 Å². The zero-order valence-corrected chi connectivity index (χ0v) is 16.0. The quantitative estimate of drug-likeness (QED) is 0.369. The van der Waals surface area contributed by atoms with Crippen molar-refractivity contribution in [2.75, 3.05) is 18.6 Å². The van der Waals surface area contributed by atoms with Crippen LogP contribution in [0.5, 0.6) is 0 Å².